The smallest absolute Gasteiger partial charge is 0.240 e. The van der Waals surface area contributed by atoms with Gasteiger partial charge in [-0.1, -0.05) is 11.6 Å². The van der Waals surface area contributed by atoms with Crippen LogP contribution >= 0.6 is 11.6 Å². The van der Waals surface area contributed by atoms with Gasteiger partial charge in [-0.15, -0.1) is 15.3 Å². The fraction of sp³-hybridized carbons (Fsp3) is 0.500. The Bertz CT molecular complexity index is 594. The molecule has 3 heterocycles. The van der Waals surface area contributed by atoms with Crippen molar-refractivity contribution in [3.05, 3.63) is 29.5 Å². The molecule has 0 saturated carbocycles. The van der Waals surface area contributed by atoms with Crippen LogP contribution in [0, 0.1) is 0 Å². The van der Waals surface area contributed by atoms with Crippen molar-refractivity contribution in [2.45, 2.75) is 6.54 Å². The van der Waals surface area contributed by atoms with E-state index in [2.05, 4.69) is 32.1 Å². The first-order valence-corrected chi connectivity index (χ1v) is 7.68. The summed E-state index contributed by atoms with van der Waals surface area (Å²) in [7, 11) is 2.16. The molecular formula is C14H19ClN6O. The largest absolute Gasteiger partial charge is 0.417 e. The first-order chi connectivity index (χ1) is 10.7. The highest BCUT2D eigenvalue weighted by atomic mass is 35.5. The van der Waals surface area contributed by atoms with E-state index in [1.54, 1.807) is 12.1 Å². The molecule has 0 atom stereocenters. The fourth-order valence-corrected chi connectivity index (χ4v) is 2.40. The van der Waals surface area contributed by atoms with Crippen LogP contribution < -0.4 is 4.74 Å². The highest BCUT2D eigenvalue weighted by Gasteiger charge is 2.13. The van der Waals surface area contributed by atoms with Crippen molar-refractivity contribution in [2.24, 2.45) is 0 Å². The summed E-state index contributed by atoms with van der Waals surface area (Å²) in [5.41, 5.74) is 0. The Labute approximate surface area is 134 Å². The molecule has 0 bridgehead atoms. The molecule has 1 saturated heterocycles. The topological polar surface area (TPSA) is 59.3 Å². The van der Waals surface area contributed by atoms with Crippen molar-refractivity contribution >= 4 is 11.6 Å². The van der Waals surface area contributed by atoms with Crippen LogP contribution in [0.5, 0.6) is 11.8 Å². The summed E-state index contributed by atoms with van der Waals surface area (Å²) >= 11 is 5.69. The quantitative estimate of drug-likeness (QED) is 0.828. The second-order valence-electron chi connectivity index (χ2n) is 5.36. The molecule has 0 amide bonds. The lowest BCUT2D eigenvalue weighted by molar-refractivity contribution is 0.148. The molecule has 118 valence electrons. The van der Waals surface area contributed by atoms with Crippen molar-refractivity contribution in [1.29, 1.82) is 0 Å². The van der Waals surface area contributed by atoms with E-state index in [9.17, 15) is 0 Å². The molecule has 0 N–H and O–H groups in total. The van der Waals surface area contributed by atoms with E-state index < -0.39 is 0 Å². The van der Waals surface area contributed by atoms with Crippen LogP contribution in [0.1, 0.15) is 0 Å². The van der Waals surface area contributed by atoms with Gasteiger partial charge >= 0.3 is 0 Å². The van der Waals surface area contributed by atoms with Gasteiger partial charge in [0.15, 0.2) is 5.15 Å². The zero-order valence-corrected chi connectivity index (χ0v) is 13.3. The van der Waals surface area contributed by atoms with Gasteiger partial charge in [0, 0.05) is 51.1 Å². The predicted octanol–water partition coefficient (Wildman–Crippen LogP) is 1.37. The van der Waals surface area contributed by atoms with E-state index in [4.69, 9.17) is 16.3 Å². The van der Waals surface area contributed by atoms with Crippen LogP contribution in [-0.4, -0.2) is 69.5 Å². The maximum atomic E-state index is 5.69. The molecular weight excluding hydrogens is 304 g/mol. The Kier molecular flexibility index (Phi) is 4.87. The lowest BCUT2D eigenvalue weighted by Gasteiger charge is -2.32. The van der Waals surface area contributed by atoms with Crippen LogP contribution in [0.25, 0.3) is 0 Å². The van der Waals surface area contributed by atoms with Crippen molar-refractivity contribution in [3.8, 4) is 11.8 Å². The third-order valence-electron chi connectivity index (χ3n) is 3.67. The molecule has 22 heavy (non-hydrogen) atoms. The standard InChI is InChI=1S/C14H19ClN6O/c1-19-6-8-20(9-7-19)10-11-21-5-4-14(18-21)22-13-3-2-12(15)16-17-13/h2-5H,6-11H2,1H3. The highest BCUT2D eigenvalue weighted by Crippen LogP contribution is 2.16. The molecule has 1 fully saturated rings. The van der Waals surface area contributed by atoms with Crippen LogP contribution in [0.15, 0.2) is 24.4 Å². The molecule has 3 rings (SSSR count). The molecule has 7 nitrogen and oxygen atoms in total. The molecule has 2 aromatic heterocycles. The zero-order chi connectivity index (χ0) is 15.4. The van der Waals surface area contributed by atoms with Gasteiger partial charge in [-0.25, -0.2) is 0 Å². The average molecular weight is 323 g/mol. The number of halogens is 1. The van der Waals surface area contributed by atoms with E-state index in [0.29, 0.717) is 16.9 Å². The summed E-state index contributed by atoms with van der Waals surface area (Å²) in [6.45, 7) is 6.32. The summed E-state index contributed by atoms with van der Waals surface area (Å²) in [6, 6.07) is 5.12. The minimum absolute atomic E-state index is 0.338. The van der Waals surface area contributed by atoms with Crippen LogP contribution in [-0.2, 0) is 6.54 Å². The summed E-state index contributed by atoms with van der Waals surface area (Å²) in [6.07, 6.45) is 1.91. The lowest BCUT2D eigenvalue weighted by atomic mass is 10.3. The number of piperazine rings is 1. The monoisotopic (exact) mass is 322 g/mol. The van der Waals surface area contributed by atoms with E-state index in [1.165, 1.54) is 0 Å². The van der Waals surface area contributed by atoms with Gasteiger partial charge in [-0.2, -0.15) is 0 Å². The molecule has 8 heteroatoms. The van der Waals surface area contributed by atoms with Crippen LogP contribution in [0.3, 0.4) is 0 Å². The van der Waals surface area contributed by atoms with Crippen molar-refractivity contribution in [2.75, 3.05) is 39.8 Å². The van der Waals surface area contributed by atoms with E-state index in [1.807, 2.05) is 16.9 Å². The lowest BCUT2D eigenvalue weighted by Crippen LogP contribution is -2.45. The van der Waals surface area contributed by atoms with E-state index in [-0.39, 0.29) is 0 Å². The number of nitrogens with zero attached hydrogens (tertiary/aromatic N) is 6. The summed E-state index contributed by atoms with van der Waals surface area (Å²) in [5.74, 6) is 0.892. The molecule has 0 aliphatic carbocycles. The number of aromatic nitrogens is 4. The average Bonchev–Trinajstić information content (AvgIpc) is 2.97. The third kappa shape index (κ3) is 4.16. The van der Waals surface area contributed by atoms with Crippen molar-refractivity contribution < 1.29 is 4.74 Å². The first-order valence-electron chi connectivity index (χ1n) is 7.30. The number of hydrogen-bond donors (Lipinski definition) is 0. The molecule has 0 spiro atoms. The van der Waals surface area contributed by atoms with Crippen molar-refractivity contribution in [3.63, 3.8) is 0 Å². The summed E-state index contributed by atoms with van der Waals surface area (Å²) in [5, 5.41) is 12.3. The van der Waals surface area contributed by atoms with Gasteiger partial charge in [-0.05, 0) is 13.1 Å². The van der Waals surface area contributed by atoms with Gasteiger partial charge in [0.1, 0.15) is 0 Å². The molecule has 0 radical (unpaired) electrons. The number of likely N-dealkylation sites (N-methyl/N-ethyl adjacent to an activating group) is 1. The molecule has 2 aromatic rings. The van der Waals surface area contributed by atoms with E-state index in [0.717, 1.165) is 39.3 Å². The van der Waals surface area contributed by atoms with Gasteiger partial charge in [0.05, 0.1) is 6.54 Å². The molecule has 1 aliphatic rings. The minimum Gasteiger partial charge on any atom is -0.417 e. The third-order valence-corrected chi connectivity index (χ3v) is 3.88. The van der Waals surface area contributed by atoms with E-state index >= 15 is 0 Å². The van der Waals surface area contributed by atoms with Crippen LogP contribution in [0.4, 0.5) is 0 Å². The van der Waals surface area contributed by atoms with Gasteiger partial charge < -0.3 is 9.64 Å². The van der Waals surface area contributed by atoms with Gasteiger partial charge in [0.2, 0.25) is 11.8 Å². The Morgan fingerprint density at radius 2 is 1.86 bits per heavy atom. The summed E-state index contributed by atoms with van der Waals surface area (Å²) < 4.78 is 7.42. The Balaban J connectivity index is 1.49. The number of rotatable bonds is 5. The predicted molar refractivity (Wildman–Crippen MR) is 83.3 cm³/mol. The number of hydrogen-bond acceptors (Lipinski definition) is 6. The fourth-order valence-electron chi connectivity index (χ4n) is 2.30. The molecule has 0 unspecified atom stereocenters. The normalized spacial score (nSPS) is 16.8. The molecule has 0 aromatic carbocycles. The van der Waals surface area contributed by atoms with Gasteiger partial charge in [-0.3, -0.25) is 9.58 Å². The van der Waals surface area contributed by atoms with Crippen LogP contribution in [0.2, 0.25) is 5.15 Å². The Hall–Kier alpha value is -1.70. The maximum Gasteiger partial charge on any atom is 0.240 e. The molecule has 1 aliphatic heterocycles. The first kappa shape index (κ1) is 15.2. The van der Waals surface area contributed by atoms with Gasteiger partial charge in [0.25, 0.3) is 0 Å². The SMILES string of the molecule is CN1CCN(CCn2ccc(Oc3ccc(Cl)nn3)n2)CC1. The summed E-state index contributed by atoms with van der Waals surface area (Å²) in [4.78, 5) is 4.80. The zero-order valence-electron chi connectivity index (χ0n) is 12.5. The van der Waals surface area contributed by atoms with Crippen molar-refractivity contribution in [1.82, 2.24) is 29.8 Å². The number of ether oxygens (including phenoxy) is 1. The Morgan fingerprint density at radius 3 is 2.59 bits per heavy atom. The Morgan fingerprint density at radius 1 is 1.05 bits per heavy atom. The maximum absolute atomic E-state index is 5.69. The second kappa shape index (κ2) is 7.04. The minimum atomic E-state index is 0.338. The highest BCUT2D eigenvalue weighted by molar-refractivity contribution is 6.29. The second-order valence-corrected chi connectivity index (χ2v) is 5.75.